The van der Waals surface area contributed by atoms with E-state index in [2.05, 4.69) is 10.2 Å². The van der Waals surface area contributed by atoms with Crippen molar-refractivity contribution in [3.05, 3.63) is 47.7 Å². The lowest BCUT2D eigenvalue weighted by Crippen LogP contribution is -2.13. The summed E-state index contributed by atoms with van der Waals surface area (Å²) < 4.78 is 5.46. The molecule has 0 saturated carbocycles. The third kappa shape index (κ3) is 3.29. The number of amides is 1. The van der Waals surface area contributed by atoms with Gasteiger partial charge in [-0.05, 0) is 12.1 Å². The molecule has 0 radical (unpaired) electrons. The molecule has 0 saturated heterocycles. The number of carboxylic acids is 1. The third-order valence-electron chi connectivity index (χ3n) is 2.42. The van der Waals surface area contributed by atoms with E-state index in [4.69, 9.17) is 15.6 Å². The van der Waals surface area contributed by atoms with Gasteiger partial charge < -0.3 is 15.6 Å². The molecule has 0 aliphatic rings. The maximum Gasteiger partial charge on any atom is 0.307 e. The first-order valence-corrected chi connectivity index (χ1v) is 5.67. The van der Waals surface area contributed by atoms with Crippen LogP contribution in [0.15, 0.2) is 36.4 Å². The quantitative estimate of drug-likeness (QED) is 0.839. The smallest absolute Gasteiger partial charge is 0.307 e. The minimum absolute atomic E-state index is 0.0242. The number of aromatic nitrogens is 2. The summed E-state index contributed by atoms with van der Waals surface area (Å²) in [5.41, 5.74) is 5.59. The predicted octanol–water partition coefficient (Wildman–Crippen LogP) is 0.995. The van der Waals surface area contributed by atoms with Gasteiger partial charge in [-0.1, -0.05) is 18.2 Å². The van der Waals surface area contributed by atoms with Crippen LogP contribution in [0, 0.1) is 0 Å². The Kier molecular flexibility index (Phi) is 3.90. The average Bonchev–Trinajstić information content (AvgIpc) is 2.41. The Bertz CT molecular complexity index is 640. The number of carbonyl (C=O) groups is 2. The van der Waals surface area contributed by atoms with Crippen molar-refractivity contribution < 1.29 is 19.4 Å². The molecule has 2 aromatic rings. The Morgan fingerprint density at radius 2 is 1.90 bits per heavy atom. The molecule has 20 heavy (non-hydrogen) atoms. The summed E-state index contributed by atoms with van der Waals surface area (Å²) in [5.74, 6) is -1.13. The van der Waals surface area contributed by atoms with Gasteiger partial charge in [0.15, 0.2) is 5.69 Å². The van der Waals surface area contributed by atoms with Crippen LogP contribution in [0.25, 0.3) is 0 Å². The first kappa shape index (κ1) is 13.5. The van der Waals surface area contributed by atoms with Crippen LogP contribution >= 0.6 is 0 Å². The number of carbonyl (C=O) groups excluding carboxylic acids is 1. The number of hydrogen-bond donors (Lipinski definition) is 2. The highest BCUT2D eigenvalue weighted by Gasteiger charge is 2.10. The van der Waals surface area contributed by atoms with Gasteiger partial charge in [-0.3, -0.25) is 9.59 Å². The van der Waals surface area contributed by atoms with E-state index >= 15 is 0 Å². The number of rotatable bonds is 5. The first-order chi connectivity index (χ1) is 9.56. The van der Waals surface area contributed by atoms with Crippen LogP contribution < -0.4 is 10.5 Å². The van der Waals surface area contributed by atoms with E-state index in [9.17, 15) is 9.59 Å². The van der Waals surface area contributed by atoms with E-state index in [1.54, 1.807) is 24.3 Å². The molecule has 0 aliphatic carbocycles. The second-order valence-corrected chi connectivity index (χ2v) is 3.90. The van der Waals surface area contributed by atoms with Gasteiger partial charge in [0.25, 0.3) is 5.91 Å². The number of nitrogens with zero attached hydrogens (tertiary/aromatic N) is 2. The molecule has 1 heterocycles. The minimum atomic E-state index is -0.962. The van der Waals surface area contributed by atoms with Crippen molar-refractivity contribution in [3.8, 4) is 11.6 Å². The molecular weight excluding hydrogens is 262 g/mol. The summed E-state index contributed by atoms with van der Waals surface area (Å²) in [6.07, 6.45) is -0.164. The van der Waals surface area contributed by atoms with Crippen LogP contribution in [0.5, 0.6) is 11.6 Å². The normalized spacial score (nSPS) is 10.0. The van der Waals surface area contributed by atoms with Crippen LogP contribution in [0.1, 0.15) is 16.1 Å². The van der Waals surface area contributed by atoms with Gasteiger partial charge in [-0.2, -0.15) is 0 Å². The molecule has 102 valence electrons. The number of primary amides is 1. The van der Waals surface area contributed by atoms with Crippen LogP contribution in [0.3, 0.4) is 0 Å². The summed E-state index contributed by atoms with van der Waals surface area (Å²) >= 11 is 0. The highest BCUT2D eigenvalue weighted by molar-refractivity contribution is 5.90. The van der Waals surface area contributed by atoms with Crippen LogP contribution in [-0.4, -0.2) is 27.2 Å². The number of nitrogens with two attached hydrogens (primary N) is 1. The largest absolute Gasteiger partial charge is 0.481 e. The Hall–Kier alpha value is -2.96. The number of aliphatic carboxylic acids is 1. The lowest BCUT2D eigenvalue weighted by atomic mass is 10.1. The zero-order valence-corrected chi connectivity index (χ0v) is 10.3. The fourth-order valence-corrected chi connectivity index (χ4v) is 1.53. The lowest BCUT2D eigenvalue weighted by Gasteiger charge is -2.08. The molecule has 7 heteroatoms. The van der Waals surface area contributed by atoms with Crippen LogP contribution in [0.2, 0.25) is 0 Å². The Morgan fingerprint density at radius 1 is 1.15 bits per heavy atom. The number of benzene rings is 1. The molecule has 0 spiro atoms. The fraction of sp³-hybridized carbons (Fsp3) is 0.0769. The molecule has 1 amide bonds. The molecule has 7 nitrogen and oxygen atoms in total. The van der Waals surface area contributed by atoms with E-state index < -0.39 is 11.9 Å². The van der Waals surface area contributed by atoms with Crippen molar-refractivity contribution >= 4 is 11.9 Å². The monoisotopic (exact) mass is 273 g/mol. The Morgan fingerprint density at radius 3 is 2.50 bits per heavy atom. The summed E-state index contributed by atoms with van der Waals surface area (Å²) in [4.78, 5) is 21.6. The lowest BCUT2D eigenvalue weighted by molar-refractivity contribution is -0.136. The van der Waals surface area contributed by atoms with Crippen molar-refractivity contribution in [2.24, 2.45) is 5.73 Å². The maximum absolute atomic E-state index is 10.9. The van der Waals surface area contributed by atoms with Crippen LogP contribution in [0.4, 0.5) is 0 Å². The third-order valence-corrected chi connectivity index (χ3v) is 2.42. The van der Waals surface area contributed by atoms with Gasteiger partial charge in [0.2, 0.25) is 5.88 Å². The number of hydrogen-bond acceptors (Lipinski definition) is 5. The SMILES string of the molecule is NC(=O)c1ccc(Oc2ccccc2CC(=O)O)nn1. The van der Waals surface area contributed by atoms with E-state index in [1.165, 1.54) is 12.1 Å². The van der Waals surface area contributed by atoms with Crippen molar-refractivity contribution in [2.75, 3.05) is 0 Å². The number of para-hydroxylation sites is 1. The molecule has 1 aromatic heterocycles. The molecule has 0 fully saturated rings. The van der Waals surface area contributed by atoms with Crippen molar-refractivity contribution in [3.63, 3.8) is 0 Å². The summed E-state index contributed by atoms with van der Waals surface area (Å²) in [6, 6.07) is 9.52. The minimum Gasteiger partial charge on any atom is -0.481 e. The first-order valence-electron chi connectivity index (χ1n) is 5.67. The second-order valence-electron chi connectivity index (χ2n) is 3.90. The predicted molar refractivity (Wildman–Crippen MR) is 68.4 cm³/mol. The molecule has 0 bridgehead atoms. The number of carboxylic acid groups (broad SMARTS) is 1. The summed E-state index contributed by atoms with van der Waals surface area (Å²) in [7, 11) is 0. The van der Waals surface area contributed by atoms with E-state index in [1.807, 2.05) is 0 Å². The molecular formula is C13H11N3O4. The van der Waals surface area contributed by atoms with Crippen molar-refractivity contribution in [1.82, 2.24) is 10.2 Å². The highest BCUT2D eigenvalue weighted by atomic mass is 16.5. The molecule has 0 aliphatic heterocycles. The molecule has 3 N–H and O–H groups in total. The average molecular weight is 273 g/mol. The van der Waals surface area contributed by atoms with Gasteiger partial charge in [0.1, 0.15) is 5.75 Å². The second kappa shape index (κ2) is 5.79. The van der Waals surface area contributed by atoms with Gasteiger partial charge >= 0.3 is 5.97 Å². The van der Waals surface area contributed by atoms with E-state index in [0.29, 0.717) is 11.3 Å². The standard InChI is InChI=1S/C13H11N3O4/c14-13(19)9-5-6-11(16-15-9)20-10-4-2-1-3-8(10)7-12(17)18/h1-6H,7H2,(H2,14,19)(H,17,18). The van der Waals surface area contributed by atoms with E-state index in [-0.39, 0.29) is 18.0 Å². The summed E-state index contributed by atoms with van der Waals surface area (Å²) in [5, 5.41) is 16.1. The molecule has 0 unspecified atom stereocenters. The molecule has 2 rings (SSSR count). The highest BCUT2D eigenvalue weighted by Crippen LogP contribution is 2.23. The maximum atomic E-state index is 10.9. The Balaban J connectivity index is 2.21. The topological polar surface area (TPSA) is 115 Å². The zero-order chi connectivity index (χ0) is 14.5. The molecule has 0 atom stereocenters. The fourth-order valence-electron chi connectivity index (χ4n) is 1.53. The van der Waals surface area contributed by atoms with Gasteiger partial charge in [0.05, 0.1) is 6.42 Å². The van der Waals surface area contributed by atoms with Gasteiger partial charge in [0, 0.05) is 11.6 Å². The Labute approximate surface area is 114 Å². The van der Waals surface area contributed by atoms with Crippen molar-refractivity contribution in [2.45, 2.75) is 6.42 Å². The van der Waals surface area contributed by atoms with Gasteiger partial charge in [-0.15, -0.1) is 10.2 Å². The van der Waals surface area contributed by atoms with E-state index in [0.717, 1.165) is 0 Å². The molecule has 1 aromatic carbocycles. The number of ether oxygens (including phenoxy) is 1. The zero-order valence-electron chi connectivity index (χ0n) is 10.3. The van der Waals surface area contributed by atoms with Crippen molar-refractivity contribution in [1.29, 1.82) is 0 Å². The van der Waals surface area contributed by atoms with Gasteiger partial charge in [-0.25, -0.2) is 0 Å². The summed E-state index contributed by atoms with van der Waals surface area (Å²) in [6.45, 7) is 0. The van der Waals surface area contributed by atoms with Crippen LogP contribution in [-0.2, 0) is 11.2 Å².